The molecule has 3 N–H and O–H groups in total. The van der Waals surface area contributed by atoms with Crippen LogP contribution < -0.4 is 16.0 Å². The zero-order valence-corrected chi connectivity index (χ0v) is 27.9. The summed E-state index contributed by atoms with van der Waals surface area (Å²) in [6, 6.07) is 37.7. The van der Waals surface area contributed by atoms with Gasteiger partial charge in [0.05, 0.1) is 12.2 Å². The number of carbonyl (C=O) groups is 3. The van der Waals surface area contributed by atoms with Gasteiger partial charge in [0.2, 0.25) is 11.8 Å². The van der Waals surface area contributed by atoms with E-state index in [-0.39, 0.29) is 17.7 Å². The van der Waals surface area contributed by atoms with Gasteiger partial charge < -0.3 is 16.0 Å². The van der Waals surface area contributed by atoms with Crippen LogP contribution in [-0.4, -0.2) is 17.7 Å². The summed E-state index contributed by atoms with van der Waals surface area (Å²) in [7, 11) is 0. The molecular weight excluding hydrogens is 594 g/mol. The lowest BCUT2D eigenvalue weighted by Crippen LogP contribution is -2.47. The maximum Gasteiger partial charge on any atom is 0.254 e. The van der Waals surface area contributed by atoms with Crippen LogP contribution in [0.3, 0.4) is 0 Å². The van der Waals surface area contributed by atoms with Gasteiger partial charge in [-0.05, 0) is 75.5 Å². The molecule has 0 saturated heterocycles. The summed E-state index contributed by atoms with van der Waals surface area (Å²) in [5.41, 5.74) is 12.3. The van der Waals surface area contributed by atoms with Crippen molar-refractivity contribution in [3.63, 3.8) is 0 Å². The molecule has 3 unspecified atom stereocenters. The molecule has 5 aromatic rings. The normalized spacial score (nSPS) is 15.4. The standard InChI is InChI=1S/C42H43N3O3/c1-4-12-36(40(43)46)37(23-27(2)3)41(47)44-39-35-19-8-7-17-33(35)34-18-9-10-20-38(34)45(42(39)48)26-28-13-11-16-30(24-28)32-22-21-29-14-5-6-15-31(29)25-32/h5-11,13-22,24-25,27,36-37,39H,4,12,23,26H2,1-3H3,(H2,43,46)(H,44,47). The number of rotatable bonds is 11. The number of hydrogen-bond acceptors (Lipinski definition) is 3. The third kappa shape index (κ3) is 6.75. The Morgan fingerprint density at radius 3 is 2.21 bits per heavy atom. The molecule has 1 heterocycles. The lowest BCUT2D eigenvalue weighted by molar-refractivity contribution is -0.136. The number of amides is 3. The lowest BCUT2D eigenvalue weighted by Gasteiger charge is -2.30. The van der Waals surface area contributed by atoms with Crippen LogP contribution in [0.15, 0.2) is 115 Å². The second-order valence-corrected chi connectivity index (χ2v) is 13.3. The first-order valence-corrected chi connectivity index (χ1v) is 16.9. The Labute approximate surface area is 283 Å². The van der Waals surface area contributed by atoms with Crippen molar-refractivity contribution in [3.05, 3.63) is 126 Å². The first-order valence-electron chi connectivity index (χ1n) is 16.9. The number of fused-ring (bicyclic) bond motifs is 4. The summed E-state index contributed by atoms with van der Waals surface area (Å²) in [5.74, 6) is -2.12. The van der Waals surface area contributed by atoms with E-state index in [9.17, 15) is 14.4 Å². The number of primary amides is 1. The monoisotopic (exact) mass is 637 g/mol. The van der Waals surface area contributed by atoms with Gasteiger partial charge in [-0.15, -0.1) is 0 Å². The number of anilines is 1. The molecule has 6 rings (SSSR count). The highest BCUT2D eigenvalue weighted by Gasteiger charge is 2.39. The number of benzene rings is 5. The Morgan fingerprint density at radius 1 is 0.771 bits per heavy atom. The Bertz CT molecular complexity index is 1970. The number of carbonyl (C=O) groups excluding carboxylic acids is 3. The van der Waals surface area contributed by atoms with Crippen molar-refractivity contribution in [2.75, 3.05) is 4.90 Å². The van der Waals surface area contributed by atoms with E-state index < -0.39 is 23.8 Å². The molecule has 3 atom stereocenters. The van der Waals surface area contributed by atoms with E-state index in [1.165, 1.54) is 10.8 Å². The average Bonchev–Trinajstić information content (AvgIpc) is 3.19. The largest absolute Gasteiger partial charge is 0.369 e. The molecule has 6 heteroatoms. The third-order valence-electron chi connectivity index (χ3n) is 9.42. The van der Waals surface area contributed by atoms with Crippen molar-refractivity contribution in [2.45, 2.75) is 52.6 Å². The summed E-state index contributed by atoms with van der Waals surface area (Å²) in [4.78, 5) is 43.4. The molecule has 0 saturated carbocycles. The van der Waals surface area contributed by atoms with Crippen molar-refractivity contribution in [1.82, 2.24) is 5.32 Å². The highest BCUT2D eigenvalue weighted by Crippen LogP contribution is 2.41. The molecule has 6 nitrogen and oxygen atoms in total. The number of para-hydroxylation sites is 1. The van der Waals surface area contributed by atoms with Crippen LogP contribution in [-0.2, 0) is 20.9 Å². The molecule has 1 aliphatic rings. The van der Waals surface area contributed by atoms with Crippen molar-refractivity contribution in [1.29, 1.82) is 0 Å². The second-order valence-electron chi connectivity index (χ2n) is 13.3. The molecule has 0 spiro atoms. The second kappa shape index (κ2) is 14.3. The summed E-state index contributed by atoms with van der Waals surface area (Å²) in [6.45, 7) is 6.35. The van der Waals surface area contributed by atoms with Crippen molar-refractivity contribution >= 4 is 34.2 Å². The molecule has 1 aliphatic heterocycles. The van der Waals surface area contributed by atoms with Gasteiger partial charge >= 0.3 is 0 Å². The van der Waals surface area contributed by atoms with Crippen molar-refractivity contribution < 1.29 is 14.4 Å². The minimum atomic E-state index is -0.949. The van der Waals surface area contributed by atoms with E-state index in [1.807, 2.05) is 93.6 Å². The fourth-order valence-corrected chi connectivity index (χ4v) is 7.11. The number of nitrogens with one attached hydrogen (secondary N) is 1. The fraction of sp³-hybridized carbons (Fsp3) is 0.262. The first kappa shape index (κ1) is 32.7. The predicted octanol–water partition coefficient (Wildman–Crippen LogP) is 8.44. The minimum absolute atomic E-state index is 0.159. The fourth-order valence-electron chi connectivity index (χ4n) is 7.11. The summed E-state index contributed by atoms with van der Waals surface area (Å²) in [6.07, 6.45) is 1.73. The Hall–Kier alpha value is -5.23. The summed E-state index contributed by atoms with van der Waals surface area (Å²) < 4.78 is 0. The van der Waals surface area contributed by atoms with Crippen LogP contribution in [0.4, 0.5) is 5.69 Å². The number of nitrogens with two attached hydrogens (primary N) is 1. The van der Waals surface area contributed by atoms with E-state index in [1.54, 1.807) is 4.90 Å². The van der Waals surface area contributed by atoms with Gasteiger partial charge in [-0.3, -0.25) is 14.4 Å². The zero-order valence-electron chi connectivity index (χ0n) is 27.9. The van der Waals surface area contributed by atoms with E-state index >= 15 is 0 Å². The van der Waals surface area contributed by atoms with Crippen LogP contribution in [0, 0.1) is 17.8 Å². The topological polar surface area (TPSA) is 92.5 Å². The molecule has 244 valence electrons. The molecule has 0 radical (unpaired) electrons. The SMILES string of the molecule is CCCC(C(N)=O)C(CC(C)C)C(=O)NC1C(=O)N(Cc2cccc(-c3ccc4ccccc4c3)c2)c2ccccc2-c2ccccc21. The average molecular weight is 638 g/mol. The molecule has 48 heavy (non-hydrogen) atoms. The van der Waals surface area contributed by atoms with Gasteiger partial charge in [0.1, 0.15) is 6.04 Å². The molecule has 0 fully saturated rings. The zero-order chi connectivity index (χ0) is 33.8. The van der Waals surface area contributed by atoms with Gasteiger partial charge in [-0.1, -0.05) is 124 Å². The maximum absolute atomic E-state index is 14.8. The maximum atomic E-state index is 14.8. The predicted molar refractivity (Wildman–Crippen MR) is 194 cm³/mol. The van der Waals surface area contributed by atoms with E-state index in [0.717, 1.165) is 45.5 Å². The number of hydrogen-bond donors (Lipinski definition) is 2. The first-order chi connectivity index (χ1) is 23.2. The highest BCUT2D eigenvalue weighted by molar-refractivity contribution is 6.06. The molecule has 0 bridgehead atoms. The molecule has 3 amide bonds. The van der Waals surface area contributed by atoms with E-state index in [2.05, 4.69) is 47.8 Å². The van der Waals surface area contributed by atoms with Crippen LogP contribution in [0.25, 0.3) is 33.0 Å². The van der Waals surface area contributed by atoms with Gasteiger partial charge in [0.25, 0.3) is 5.91 Å². The Balaban J connectivity index is 1.39. The van der Waals surface area contributed by atoms with Crippen LogP contribution in [0.2, 0.25) is 0 Å². The molecular formula is C42H43N3O3. The third-order valence-corrected chi connectivity index (χ3v) is 9.42. The smallest absolute Gasteiger partial charge is 0.254 e. The Morgan fingerprint density at radius 2 is 1.46 bits per heavy atom. The molecule has 5 aromatic carbocycles. The summed E-state index contributed by atoms with van der Waals surface area (Å²) >= 11 is 0. The van der Waals surface area contributed by atoms with Crippen molar-refractivity contribution in [3.8, 4) is 22.3 Å². The van der Waals surface area contributed by atoms with E-state index in [0.29, 0.717) is 19.4 Å². The van der Waals surface area contributed by atoms with Crippen LogP contribution >= 0.6 is 0 Å². The molecule has 0 aliphatic carbocycles. The minimum Gasteiger partial charge on any atom is -0.369 e. The van der Waals surface area contributed by atoms with Gasteiger partial charge in [0, 0.05) is 17.4 Å². The summed E-state index contributed by atoms with van der Waals surface area (Å²) in [5, 5.41) is 5.48. The van der Waals surface area contributed by atoms with Crippen molar-refractivity contribution in [2.24, 2.45) is 23.5 Å². The lowest BCUT2D eigenvalue weighted by atomic mass is 9.81. The van der Waals surface area contributed by atoms with Crippen LogP contribution in [0.1, 0.15) is 57.2 Å². The van der Waals surface area contributed by atoms with Crippen LogP contribution in [0.5, 0.6) is 0 Å². The van der Waals surface area contributed by atoms with Gasteiger partial charge in [-0.25, -0.2) is 0 Å². The quantitative estimate of drug-likeness (QED) is 0.152. The van der Waals surface area contributed by atoms with E-state index in [4.69, 9.17) is 5.73 Å². The number of nitrogens with zero attached hydrogens (tertiary/aromatic N) is 1. The Kier molecular flexibility index (Phi) is 9.72. The molecule has 0 aromatic heterocycles. The highest BCUT2D eigenvalue weighted by atomic mass is 16.2. The van der Waals surface area contributed by atoms with Gasteiger partial charge in [0.15, 0.2) is 0 Å². The van der Waals surface area contributed by atoms with Gasteiger partial charge in [-0.2, -0.15) is 0 Å².